The monoisotopic (exact) mass is 567 g/mol. The average molecular weight is 567 g/mol. The third-order valence-corrected chi connectivity index (χ3v) is 7.61. The molecule has 2 saturated heterocycles. The summed E-state index contributed by atoms with van der Waals surface area (Å²) in [5.41, 5.74) is -1.97. The first-order valence-electron chi connectivity index (χ1n) is 9.86. The van der Waals surface area contributed by atoms with E-state index < -0.39 is 95.4 Å². The summed E-state index contributed by atoms with van der Waals surface area (Å²) in [6, 6.07) is 0. The highest BCUT2D eigenvalue weighted by molar-refractivity contribution is 7.61. The minimum absolute atomic E-state index is 0.473. The zero-order valence-corrected chi connectivity index (χ0v) is 19.5. The summed E-state index contributed by atoms with van der Waals surface area (Å²) >= 11 is 0. The lowest BCUT2D eigenvalue weighted by molar-refractivity contribution is -0.280. The van der Waals surface area contributed by atoms with E-state index in [9.17, 15) is 54.0 Å². The molecule has 0 amide bonds. The Labute approximate surface area is 199 Å². The van der Waals surface area contributed by atoms with Gasteiger partial charge < -0.3 is 49.9 Å². The molecule has 0 bridgehead atoms. The largest absolute Gasteiger partial charge is 0.483 e. The second kappa shape index (κ2) is 11.1. The molecule has 36 heavy (non-hydrogen) atoms. The van der Waals surface area contributed by atoms with Gasteiger partial charge in [-0.1, -0.05) is 0 Å². The van der Waals surface area contributed by atoms with Crippen LogP contribution in [0, 0.1) is 0 Å². The fraction of sp³-hybridized carbons (Fsp3) is 0.786. The molecule has 3 heterocycles. The van der Waals surface area contributed by atoms with Gasteiger partial charge in [-0.15, -0.1) is 0 Å². The quantitative estimate of drug-likeness (QED) is 0.126. The number of aromatic amines is 1. The number of phosphoric acid groups is 2. The Morgan fingerprint density at radius 2 is 1.58 bits per heavy atom. The van der Waals surface area contributed by atoms with E-state index in [1.807, 2.05) is 4.98 Å². The smallest absolute Gasteiger partial charge is 0.394 e. The van der Waals surface area contributed by atoms with E-state index in [0.717, 1.165) is 0 Å². The summed E-state index contributed by atoms with van der Waals surface area (Å²) in [5, 5.41) is 61.9. The zero-order valence-electron chi connectivity index (χ0n) is 17.7. The topological polar surface area (TPSA) is 310 Å². The predicted octanol–water partition coefficient (Wildman–Crippen LogP) is -5.40. The van der Waals surface area contributed by atoms with Crippen molar-refractivity contribution in [1.82, 2.24) is 14.8 Å². The number of hydrogen-bond acceptors (Lipinski definition) is 16. The van der Waals surface area contributed by atoms with Gasteiger partial charge in [-0.25, -0.2) is 13.9 Å². The Morgan fingerprint density at radius 3 is 2.19 bits per heavy atom. The van der Waals surface area contributed by atoms with Gasteiger partial charge in [-0.2, -0.15) is 14.1 Å². The van der Waals surface area contributed by atoms with Crippen LogP contribution in [0.25, 0.3) is 0 Å². The highest BCUT2D eigenvalue weighted by Gasteiger charge is 2.49. The number of hydrogen-bond donors (Lipinski definition) is 9. The lowest BCUT2D eigenvalue weighted by Gasteiger charge is -2.39. The molecule has 2 aliphatic heterocycles. The Morgan fingerprint density at radius 1 is 0.944 bits per heavy atom. The molecule has 11 unspecified atom stereocenters. The van der Waals surface area contributed by atoms with Crippen molar-refractivity contribution >= 4 is 15.6 Å². The molecule has 0 saturated carbocycles. The van der Waals surface area contributed by atoms with Crippen LogP contribution in [0.2, 0.25) is 0 Å². The number of H-pyrrole nitrogens is 1. The number of nitrogens with one attached hydrogen (secondary N) is 1. The molecule has 0 aliphatic carbocycles. The summed E-state index contributed by atoms with van der Waals surface area (Å²) < 4.78 is 47.7. The second-order valence-electron chi connectivity index (χ2n) is 7.55. The van der Waals surface area contributed by atoms with Crippen LogP contribution in [0.4, 0.5) is 0 Å². The van der Waals surface area contributed by atoms with Crippen molar-refractivity contribution < 1.29 is 72.4 Å². The fourth-order valence-corrected chi connectivity index (χ4v) is 5.40. The second-order valence-corrected chi connectivity index (χ2v) is 10.5. The van der Waals surface area contributed by atoms with Crippen LogP contribution in [-0.4, -0.2) is 117 Å². The van der Waals surface area contributed by atoms with Crippen molar-refractivity contribution in [3.05, 3.63) is 27.0 Å². The maximum atomic E-state index is 12.1. The van der Waals surface area contributed by atoms with Crippen LogP contribution in [0.15, 0.2) is 15.8 Å². The Balaban J connectivity index is 1.61. The average Bonchev–Trinajstić information content (AvgIpc) is 3.06. The van der Waals surface area contributed by atoms with Crippen LogP contribution >= 0.6 is 15.6 Å². The van der Waals surface area contributed by atoms with E-state index in [-0.39, 0.29) is 0 Å². The van der Waals surface area contributed by atoms with Crippen LogP contribution in [-0.2, 0) is 32.0 Å². The number of phosphoric ester groups is 2. The molecule has 22 heteroatoms. The van der Waals surface area contributed by atoms with E-state index in [1.165, 1.54) is 0 Å². The zero-order chi connectivity index (χ0) is 27.0. The lowest BCUT2D eigenvalue weighted by Crippen LogP contribution is -2.58. The van der Waals surface area contributed by atoms with Crippen LogP contribution in [0.1, 0.15) is 6.23 Å². The number of aliphatic hydroxyl groups is 6. The first kappa shape index (κ1) is 29.1. The lowest BCUT2D eigenvalue weighted by atomic mass is 10.00. The van der Waals surface area contributed by atoms with Crippen molar-refractivity contribution in [1.29, 1.82) is 0 Å². The highest BCUT2D eigenvalue weighted by atomic mass is 31.3. The number of aromatic nitrogens is 3. The van der Waals surface area contributed by atoms with E-state index in [0.29, 0.717) is 10.9 Å². The molecule has 1 aromatic heterocycles. The summed E-state index contributed by atoms with van der Waals surface area (Å²) in [6.07, 6.45) is -15.9. The maximum absolute atomic E-state index is 12.1. The molecular formula is C14H23N3O17P2. The molecule has 1 aromatic rings. The molecular weight excluding hydrogens is 544 g/mol. The van der Waals surface area contributed by atoms with Crippen LogP contribution in [0.5, 0.6) is 0 Å². The SMILES string of the molecule is O=c1cnn(C2OC(COP(=O)(O)OP(=O)(O)OC3OC(CO)C(O)C(O)C3O)C(O)C2O)c(=O)[nH]1. The molecule has 9 N–H and O–H groups in total. The number of rotatable bonds is 9. The molecule has 20 nitrogen and oxygen atoms in total. The predicted molar refractivity (Wildman–Crippen MR) is 107 cm³/mol. The summed E-state index contributed by atoms with van der Waals surface area (Å²) in [5.74, 6) is 0. The van der Waals surface area contributed by atoms with Crippen molar-refractivity contribution in [3.63, 3.8) is 0 Å². The normalized spacial score (nSPS) is 38.4. The molecule has 0 aromatic carbocycles. The van der Waals surface area contributed by atoms with Gasteiger partial charge in [0.2, 0.25) is 0 Å². The van der Waals surface area contributed by atoms with Gasteiger partial charge >= 0.3 is 21.3 Å². The minimum Gasteiger partial charge on any atom is -0.394 e. The van der Waals surface area contributed by atoms with E-state index in [2.05, 4.69) is 18.5 Å². The summed E-state index contributed by atoms with van der Waals surface area (Å²) in [7, 11) is -11.1. The standard InChI is InChI=1S/C14H23N3O17P2/c18-2-4-7(20)9(22)11(24)13(32-4)33-36(28,29)34-35(26,27)30-3-5-8(21)10(23)12(31-5)17-14(25)16-6(19)1-15-17/h1,4-5,7-13,18,20-24H,2-3H2,(H,26,27)(H,28,29)(H,16,19,25). The van der Waals surface area contributed by atoms with E-state index in [4.69, 9.17) is 14.6 Å². The van der Waals surface area contributed by atoms with E-state index in [1.54, 1.807) is 0 Å². The van der Waals surface area contributed by atoms with Gasteiger partial charge in [0.15, 0.2) is 12.5 Å². The van der Waals surface area contributed by atoms with Gasteiger partial charge in [-0.3, -0.25) is 18.8 Å². The molecule has 2 fully saturated rings. The Kier molecular flexibility index (Phi) is 8.99. The van der Waals surface area contributed by atoms with Gasteiger partial charge in [0.05, 0.1) is 13.2 Å². The molecule has 0 radical (unpaired) electrons. The van der Waals surface area contributed by atoms with Gasteiger partial charge in [-0.05, 0) is 0 Å². The van der Waals surface area contributed by atoms with Crippen LogP contribution in [0.3, 0.4) is 0 Å². The Hall–Kier alpha value is -1.45. The number of aliphatic hydroxyl groups excluding tert-OH is 6. The van der Waals surface area contributed by atoms with Gasteiger partial charge in [0.25, 0.3) is 5.56 Å². The molecule has 11 atom stereocenters. The summed E-state index contributed by atoms with van der Waals surface area (Å²) in [6.45, 7) is -1.96. The first-order valence-corrected chi connectivity index (χ1v) is 12.8. The number of nitrogens with zero attached hydrogens (tertiary/aromatic N) is 2. The Bertz CT molecular complexity index is 1130. The van der Waals surface area contributed by atoms with Crippen LogP contribution < -0.4 is 11.2 Å². The molecule has 206 valence electrons. The minimum atomic E-state index is -5.60. The van der Waals surface area contributed by atoms with Crippen molar-refractivity contribution in [2.75, 3.05) is 13.2 Å². The highest BCUT2D eigenvalue weighted by Crippen LogP contribution is 2.61. The van der Waals surface area contributed by atoms with Crippen molar-refractivity contribution in [3.8, 4) is 0 Å². The number of ether oxygens (including phenoxy) is 2. The maximum Gasteiger partial charge on any atom is 0.483 e. The van der Waals surface area contributed by atoms with Crippen molar-refractivity contribution in [2.24, 2.45) is 0 Å². The van der Waals surface area contributed by atoms with Crippen molar-refractivity contribution in [2.45, 2.75) is 55.2 Å². The van der Waals surface area contributed by atoms with Gasteiger partial charge in [0, 0.05) is 0 Å². The summed E-state index contributed by atoms with van der Waals surface area (Å²) in [4.78, 5) is 44.3. The molecule has 3 rings (SSSR count). The molecule has 2 aliphatic rings. The van der Waals surface area contributed by atoms with E-state index >= 15 is 0 Å². The first-order chi connectivity index (χ1) is 16.7. The third kappa shape index (κ3) is 6.51. The van der Waals surface area contributed by atoms with Gasteiger partial charge in [0.1, 0.15) is 48.9 Å². The molecule has 0 spiro atoms. The third-order valence-electron chi connectivity index (χ3n) is 5.01. The fourth-order valence-electron chi connectivity index (χ4n) is 3.24.